The highest BCUT2D eigenvalue weighted by molar-refractivity contribution is 7.99. The first-order valence-corrected chi connectivity index (χ1v) is 11.2. The molecule has 0 bridgehead atoms. The lowest BCUT2D eigenvalue weighted by atomic mass is 10.2. The van der Waals surface area contributed by atoms with Gasteiger partial charge in [0, 0.05) is 18.7 Å². The van der Waals surface area contributed by atoms with Crippen molar-refractivity contribution in [2.24, 2.45) is 0 Å². The largest absolute Gasteiger partial charge is 0.394 e. The predicted molar refractivity (Wildman–Crippen MR) is 110 cm³/mol. The summed E-state index contributed by atoms with van der Waals surface area (Å²) in [6, 6.07) is -0.527. The molecule has 0 aliphatic heterocycles. The highest BCUT2D eigenvalue weighted by Crippen LogP contribution is 2.35. The number of hydrogen-bond acceptors (Lipinski definition) is 10. The van der Waals surface area contributed by atoms with Gasteiger partial charge in [0.1, 0.15) is 12.2 Å². The molecule has 3 rings (SSSR count). The molecule has 0 radical (unpaired) electrons. The summed E-state index contributed by atoms with van der Waals surface area (Å²) in [7, 11) is 0. The molecule has 162 valence electrons. The maximum atomic E-state index is 10.6. The second-order valence-electron chi connectivity index (χ2n) is 7.11. The molecule has 0 spiro atoms. The summed E-state index contributed by atoms with van der Waals surface area (Å²) >= 11 is 1.56. The summed E-state index contributed by atoms with van der Waals surface area (Å²) in [4.78, 5) is 9.23. The number of rotatable bonds is 11. The Bertz CT molecular complexity index is 791. The van der Waals surface area contributed by atoms with Crippen LogP contribution in [0.4, 0.5) is 5.82 Å². The van der Waals surface area contributed by atoms with Crippen molar-refractivity contribution in [3.63, 3.8) is 0 Å². The molecule has 10 nitrogen and oxygen atoms in total. The van der Waals surface area contributed by atoms with Gasteiger partial charge < -0.3 is 25.4 Å². The minimum atomic E-state index is -1.07. The van der Waals surface area contributed by atoms with Crippen molar-refractivity contribution in [2.75, 3.05) is 30.8 Å². The van der Waals surface area contributed by atoms with Gasteiger partial charge >= 0.3 is 0 Å². The molecule has 4 atom stereocenters. The van der Waals surface area contributed by atoms with Crippen molar-refractivity contribution in [3.05, 3.63) is 0 Å². The summed E-state index contributed by atoms with van der Waals surface area (Å²) in [5.41, 5.74) is 1.07. The van der Waals surface area contributed by atoms with Crippen LogP contribution in [0.15, 0.2) is 5.16 Å². The number of unbranched alkanes of at least 4 members (excludes halogenated alkanes) is 1. The van der Waals surface area contributed by atoms with Crippen LogP contribution in [-0.2, 0) is 4.74 Å². The van der Waals surface area contributed by atoms with Crippen molar-refractivity contribution in [3.8, 4) is 0 Å². The van der Waals surface area contributed by atoms with E-state index >= 15 is 0 Å². The van der Waals surface area contributed by atoms with E-state index < -0.39 is 24.4 Å². The van der Waals surface area contributed by atoms with Gasteiger partial charge in [-0.05, 0) is 12.8 Å². The SMILES string of the molecule is CCCCNc1nc(SCCC)nc2c1nnn2[C@@H]1C[C@H](OCCO)[C@@H](O)[C@H]1O. The average Bonchev–Trinajstić information content (AvgIpc) is 3.26. The summed E-state index contributed by atoms with van der Waals surface area (Å²) in [6.45, 7) is 4.95. The number of nitrogens with one attached hydrogen (secondary N) is 1. The lowest BCUT2D eigenvalue weighted by Crippen LogP contribution is -2.33. The molecule has 2 heterocycles. The van der Waals surface area contributed by atoms with E-state index in [1.54, 1.807) is 16.4 Å². The molecule has 0 unspecified atom stereocenters. The lowest BCUT2D eigenvalue weighted by molar-refractivity contribution is -0.0629. The summed E-state index contributed by atoms with van der Waals surface area (Å²) in [6.07, 6.45) is 0.701. The molecule has 2 aromatic rings. The van der Waals surface area contributed by atoms with Gasteiger partial charge in [-0.1, -0.05) is 37.2 Å². The zero-order chi connectivity index (χ0) is 20.8. The predicted octanol–water partition coefficient (Wildman–Crippen LogP) is 0.979. The molecule has 0 amide bonds. The van der Waals surface area contributed by atoms with Gasteiger partial charge in [0.05, 0.1) is 25.4 Å². The smallest absolute Gasteiger partial charge is 0.191 e. The van der Waals surface area contributed by atoms with E-state index in [2.05, 4.69) is 39.4 Å². The Morgan fingerprint density at radius 1 is 1.21 bits per heavy atom. The number of aliphatic hydroxyl groups excluding tert-OH is 3. The Labute approximate surface area is 174 Å². The molecule has 4 N–H and O–H groups in total. The van der Waals surface area contributed by atoms with E-state index in [4.69, 9.17) is 9.84 Å². The summed E-state index contributed by atoms with van der Waals surface area (Å²) < 4.78 is 7.03. The van der Waals surface area contributed by atoms with Gasteiger partial charge in [0.2, 0.25) is 0 Å². The number of anilines is 1. The monoisotopic (exact) mass is 426 g/mol. The summed E-state index contributed by atoms with van der Waals surface area (Å²) in [5, 5.41) is 42.3. The van der Waals surface area contributed by atoms with Crippen LogP contribution in [0.3, 0.4) is 0 Å². The standard InChI is InChI=1S/C18H30N6O4S/c1-3-5-6-19-16-13-17(21-18(20-16)29-9-4-2)24(23-22-13)11-10-12(28-8-7-25)15(27)14(11)26/h11-12,14-15,25-27H,3-10H2,1-2H3,(H,19,20,21)/t11-,12+,14+,15-/m1/s1. The third-order valence-corrected chi connectivity index (χ3v) is 5.95. The van der Waals surface area contributed by atoms with Crippen LogP contribution >= 0.6 is 11.8 Å². The number of ether oxygens (including phenoxy) is 1. The number of fused-ring (bicyclic) bond motifs is 1. The van der Waals surface area contributed by atoms with Crippen molar-refractivity contribution >= 4 is 28.7 Å². The van der Waals surface area contributed by atoms with Gasteiger partial charge in [-0.3, -0.25) is 0 Å². The van der Waals surface area contributed by atoms with E-state index in [-0.39, 0.29) is 13.2 Å². The molecule has 0 saturated heterocycles. The maximum absolute atomic E-state index is 10.6. The zero-order valence-electron chi connectivity index (χ0n) is 16.9. The Hall–Kier alpha value is -1.53. The maximum Gasteiger partial charge on any atom is 0.191 e. The van der Waals surface area contributed by atoms with Crippen molar-refractivity contribution in [1.82, 2.24) is 25.0 Å². The third kappa shape index (κ3) is 4.97. The van der Waals surface area contributed by atoms with E-state index in [0.717, 1.165) is 31.6 Å². The summed E-state index contributed by atoms with van der Waals surface area (Å²) in [5.74, 6) is 1.53. The molecule has 0 aromatic carbocycles. The third-order valence-electron chi connectivity index (χ3n) is 4.90. The molecule has 2 aromatic heterocycles. The molecule has 1 saturated carbocycles. The number of aliphatic hydroxyl groups is 3. The van der Waals surface area contributed by atoms with Gasteiger partial charge in [0.15, 0.2) is 22.1 Å². The Kier molecular flexibility index (Phi) is 8.01. The minimum Gasteiger partial charge on any atom is -0.394 e. The Morgan fingerprint density at radius 3 is 2.76 bits per heavy atom. The van der Waals surface area contributed by atoms with Crippen molar-refractivity contribution in [2.45, 2.75) is 69.0 Å². The van der Waals surface area contributed by atoms with E-state index in [1.165, 1.54) is 0 Å². The average molecular weight is 427 g/mol. The van der Waals surface area contributed by atoms with Gasteiger partial charge in [-0.25, -0.2) is 14.6 Å². The highest BCUT2D eigenvalue weighted by Gasteiger charge is 2.44. The second kappa shape index (κ2) is 10.5. The van der Waals surface area contributed by atoms with Crippen LogP contribution in [0.1, 0.15) is 45.6 Å². The number of hydrogen-bond donors (Lipinski definition) is 4. The van der Waals surface area contributed by atoms with Crippen molar-refractivity contribution < 1.29 is 20.1 Å². The fourth-order valence-electron chi connectivity index (χ4n) is 3.38. The molecule has 1 fully saturated rings. The fraction of sp³-hybridized carbons (Fsp3) is 0.778. The van der Waals surface area contributed by atoms with Crippen molar-refractivity contribution in [1.29, 1.82) is 0 Å². The number of aromatic nitrogens is 5. The molecular weight excluding hydrogens is 396 g/mol. The van der Waals surface area contributed by atoms with Gasteiger partial charge in [-0.15, -0.1) is 5.10 Å². The molecule has 11 heteroatoms. The minimum absolute atomic E-state index is 0.102. The van der Waals surface area contributed by atoms with Gasteiger partial charge in [0.25, 0.3) is 0 Å². The fourth-order valence-corrected chi connectivity index (χ4v) is 4.07. The molecule has 29 heavy (non-hydrogen) atoms. The van der Waals surface area contributed by atoms with E-state index in [1.807, 2.05) is 0 Å². The quantitative estimate of drug-likeness (QED) is 0.234. The molecular formula is C18H30N6O4S. The van der Waals surface area contributed by atoms with Crippen LogP contribution in [0.2, 0.25) is 0 Å². The van der Waals surface area contributed by atoms with E-state index in [0.29, 0.717) is 28.6 Å². The first-order valence-electron chi connectivity index (χ1n) is 10.2. The lowest BCUT2D eigenvalue weighted by Gasteiger charge is -2.17. The Balaban J connectivity index is 1.92. The number of nitrogens with zero attached hydrogens (tertiary/aromatic N) is 5. The normalized spacial score (nSPS) is 24.4. The molecule has 1 aliphatic rings. The van der Waals surface area contributed by atoms with Crippen LogP contribution < -0.4 is 5.32 Å². The topological polar surface area (TPSA) is 138 Å². The highest BCUT2D eigenvalue weighted by atomic mass is 32.2. The number of thioether (sulfide) groups is 1. The molecule has 1 aliphatic carbocycles. The van der Waals surface area contributed by atoms with Crippen LogP contribution in [0.25, 0.3) is 11.2 Å². The second-order valence-corrected chi connectivity index (χ2v) is 8.17. The van der Waals surface area contributed by atoms with Gasteiger partial charge in [-0.2, -0.15) is 0 Å². The first kappa shape index (κ1) is 22.2. The van der Waals surface area contributed by atoms with Crippen LogP contribution in [0.5, 0.6) is 0 Å². The zero-order valence-corrected chi connectivity index (χ0v) is 17.7. The Morgan fingerprint density at radius 2 is 2.03 bits per heavy atom. The van der Waals surface area contributed by atoms with Crippen LogP contribution in [0, 0.1) is 0 Å². The van der Waals surface area contributed by atoms with E-state index in [9.17, 15) is 10.2 Å². The first-order chi connectivity index (χ1) is 14.1. The van der Waals surface area contributed by atoms with Crippen LogP contribution in [-0.4, -0.2) is 84.1 Å².